The van der Waals surface area contributed by atoms with E-state index in [0.717, 1.165) is 0 Å². The van der Waals surface area contributed by atoms with Crippen LogP contribution in [0.5, 0.6) is 0 Å². The van der Waals surface area contributed by atoms with Gasteiger partial charge in [0.05, 0.1) is 0 Å². The van der Waals surface area contributed by atoms with Crippen LogP contribution in [0.25, 0.3) is 0 Å². The average molecular weight is 136 g/mol. The number of allylic oxidation sites excluding steroid dienone is 1. The molecule has 52 valence electrons. The molecule has 0 unspecified atom stereocenters. The molecule has 1 heterocycles. The van der Waals surface area contributed by atoms with Gasteiger partial charge >= 0.3 is 0 Å². The largest absolute Gasteiger partial charge is 0.276 e. The van der Waals surface area contributed by atoms with Gasteiger partial charge in [0.2, 0.25) is 5.91 Å². The van der Waals surface area contributed by atoms with Crippen molar-refractivity contribution in [2.24, 2.45) is 0 Å². The zero-order chi connectivity index (χ0) is 7.40. The molecule has 1 aromatic heterocycles. The molecule has 10 heavy (non-hydrogen) atoms. The molecule has 0 spiro atoms. The third-order valence-electron chi connectivity index (χ3n) is 1.11. The molecule has 0 amide bonds. The van der Waals surface area contributed by atoms with Crippen molar-refractivity contribution >= 4 is 5.91 Å². The SMILES string of the molecule is C=CCC(=O)n1ccnc1. The Morgan fingerprint density at radius 1 is 1.80 bits per heavy atom. The number of aromatic nitrogens is 2. The Morgan fingerprint density at radius 2 is 2.60 bits per heavy atom. The first-order valence-electron chi connectivity index (χ1n) is 2.96. The number of carbonyl (C=O) groups excluding carboxylic acids is 1. The van der Waals surface area contributed by atoms with Gasteiger partial charge in [-0.2, -0.15) is 0 Å². The van der Waals surface area contributed by atoms with Crippen molar-refractivity contribution in [2.75, 3.05) is 0 Å². The van der Waals surface area contributed by atoms with Crippen molar-refractivity contribution in [3.63, 3.8) is 0 Å². The lowest BCUT2D eigenvalue weighted by molar-refractivity contribution is 0.0917. The Kier molecular flexibility index (Phi) is 1.99. The summed E-state index contributed by atoms with van der Waals surface area (Å²) in [6.45, 7) is 3.46. The fraction of sp³-hybridized carbons (Fsp3) is 0.143. The maximum absolute atomic E-state index is 11.0. The molecule has 1 rings (SSSR count). The highest BCUT2D eigenvalue weighted by atomic mass is 16.2. The minimum absolute atomic E-state index is 0.00694. The summed E-state index contributed by atoms with van der Waals surface area (Å²) < 4.78 is 1.43. The van der Waals surface area contributed by atoms with Gasteiger partial charge in [0, 0.05) is 18.8 Å². The Hall–Kier alpha value is -1.38. The third kappa shape index (κ3) is 1.31. The van der Waals surface area contributed by atoms with Gasteiger partial charge in [0.1, 0.15) is 6.33 Å². The lowest BCUT2D eigenvalue weighted by atomic mass is 10.4. The van der Waals surface area contributed by atoms with Gasteiger partial charge < -0.3 is 0 Å². The summed E-state index contributed by atoms with van der Waals surface area (Å²) in [5.74, 6) is -0.00694. The zero-order valence-corrected chi connectivity index (χ0v) is 5.53. The fourth-order valence-corrected chi connectivity index (χ4v) is 0.636. The quantitative estimate of drug-likeness (QED) is 0.570. The first-order valence-corrected chi connectivity index (χ1v) is 2.96. The van der Waals surface area contributed by atoms with Crippen LogP contribution in [0.2, 0.25) is 0 Å². The van der Waals surface area contributed by atoms with E-state index < -0.39 is 0 Å². The normalized spacial score (nSPS) is 9.20. The van der Waals surface area contributed by atoms with Crippen LogP contribution in [0, 0.1) is 0 Å². The van der Waals surface area contributed by atoms with E-state index in [1.807, 2.05) is 0 Å². The smallest absolute Gasteiger partial charge is 0.235 e. The third-order valence-corrected chi connectivity index (χ3v) is 1.11. The van der Waals surface area contributed by atoms with Crippen molar-refractivity contribution in [3.05, 3.63) is 31.4 Å². The van der Waals surface area contributed by atoms with Crippen molar-refractivity contribution in [3.8, 4) is 0 Å². The Labute approximate surface area is 59.0 Å². The molecule has 3 nitrogen and oxygen atoms in total. The summed E-state index contributed by atoms with van der Waals surface area (Å²) in [7, 11) is 0. The summed E-state index contributed by atoms with van der Waals surface area (Å²) in [4.78, 5) is 14.7. The molecule has 0 N–H and O–H groups in total. The molecule has 3 heteroatoms. The highest BCUT2D eigenvalue weighted by Crippen LogP contribution is 1.90. The monoisotopic (exact) mass is 136 g/mol. The van der Waals surface area contributed by atoms with Crippen molar-refractivity contribution in [1.29, 1.82) is 0 Å². The highest BCUT2D eigenvalue weighted by molar-refractivity contribution is 5.79. The molecule has 0 aromatic carbocycles. The molecule has 0 fully saturated rings. The predicted octanol–water partition coefficient (Wildman–Crippen LogP) is 1.10. The Bertz CT molecular complexity index is 226. The van der Waals surface area contributed by atoms with Crippen LogP contribution < -0.4 is 0 Å². The summed E-state index contributed by atoms with van der Waals surface area (Å²) in [6, 6.07) is 0. The van der Waals surface area contributed by atoms with Crippen LogP contribution in [0.3, 0.4) is 0 Å². The fourth-order valence-electron chi connectivity index (χ4n) is 0.636. The molecule has 0 saturated carbocycles. The molecule has 0 aliphatic heterocycles. The number of nitrogens with zero attached hydrogens (tertiary/aromatic N) is 2. The second-order valence-electron chi connectivity index (χ2n) is 1.86. The molecular weight excluding hydrogens is 128 g/mol. The molecule has 1 aromatic rings. The van der Waals surface area contributed by atoms with Gasteiger partial charge in [0.25, 0.3) is 0 Å². The Morgan fingerprint density at radius 3 is 3.10 bits per heavy atom. The van der Waals surface area contributed by atoms with Gasteiger partial charge in [-0.3, -0.25) is 9.36 Å². The van der Waals surface area contributed by atoms with E-state index in [1.54, 1.807) is 18.5 Å². The second kappa shape index (κ2) is 2.96. The van der Waals surface area contributed by atoms with E-state index in [9.17, 15) is 4.79 Å². The van der Waals surface area contributed by atoms with E-state index in [-0.39, 0.29) is 5.91 Å². The average Bonchev–Trinajstić information content (AvgIpc) is 2.38. The number of hydrogen-bond donors (Lipinski definition) is 0. The summed E-state index contributed by atoms with van der Waals surface area (Å²) in [6.07, 6.45) is 6.59. The van der Waals surface area contributed by atoms with Crippen molar-refractivity contribution < 1.29 is 4.79 Å². The molecule has 0 aliphatic carbocycles. The van der Waals surface area contributed by atoms with E-state index >= 15 is 0 Å². The van der Waals surface area contributed by atoms with Crippen LogP contribution in [-0.2, 0) is 0 Å². The molecule has 0 bridgehead atoms. The first-order chi connectivity index (χ1) is 4.84. The predicted molar refractivity (Wildman–Crippen MR) is 37.7 cm³/mol. The van der Waals surface area contributed by atoms with Gasteiger partial charge in [-0.1, -0.05) is 6.08 Å². The zero-order valence-electron chi connectivity index (χ0n) is 5.53. The summed E-state index contributed by atoms with van der Waals surface area (Å²) >= 11 is 0. The number of rotatable bonds is 2. The maximum atomic E-state index is 11.0. The lowest BCUT2D eigenvalue weighted by Crippen LogP contribution is -2.05. The lowest BCUT2D eigenvalue weighted by Gasteiger charge is -1.93. The molecule has 0 radical (unpaired) electrons. The number of carbonyl (C=O) groups is 1. The van der Waals surface area contributed by atoms with Gasteiger partial charge in [-0.05, 0) is 0 Å². The second-order valence-corrected chi connectivity index (χ2v) is 1.86. The molecule has 0 saturated heterocycles. The van der Waals surface area contributed by atoms with E-state index in [4.69, 9.17) is 0 Å². The Balaban J connectivity index is 2.68. The molecule has 0 aliphatic rings. The van der Waals surface area contributed by atoms with E-state index in [0.29, 0.717) is 6.42 Å². The van der Waals surface area contributed by atoms with Crippen LogP contribution in [0.15, 0.2) is 31.4 Å². The molecule has 0 atom stereocenters. The van der Waals surface area contributed by atoms with E-state index in [2.05, 4.69) is 11.6 Å². The van der Waals surface area contributed by atoms with Crippen molar-refractivity contribution in [2.45, 2.75) is 6.42 Å². The maximum Gasteiger partial charge on any atom is 0.235 e. The number of hydrogen-bond acceptors (Lipinski definition) is 2. The summed E-state index contributed by atoms with van der Waals surface area (Å²) in [5, 5.41) is 0. The van der Waals surface area contributed by atoms with Crippen molar-refractivity contribution in [1.82, 2.24) is 9.55 Å². The van der Waals surface area contributed by atoms with Gasteiger partial charge in [-0.15, -0.1) is 6.58 Å². The topological polar surface area (TPSA) is 34.9 Å². The molecular formula is C7H8N2O. The van der Waals surface area contributed by atoms with Gasteiger partial charge in [-0.25, -0.2) is 4.98 Å². The van der Waals surface area contributed by atoms with Crippen LogP contribution in [0.1, 0.15) is 11.2 Å². The minimum atomic E-state index is -0.00694. The highest BCUT2D eigenvalue weighted by Gasteiger charge is 1.98. The van der Waals surface area contributed by atoms with Crippen LogP contribution >= 0.6 is 0 Å². The minimum Gasteiger partial charge on any atom is -0.276 e. The summed E-state index contributed by atoms with van der Waals surface area (Å²) in [5.41, 5.74) is 0. The standard InChI is InChI=1S/C7H8N2O/c1-2-3-7(10)9-5-4-8-6-9/h2,4-6H,1,3H2. The number of imidazole rings is 1. The van der Waals surface area contributed by atoms with Crippen LogP contribution in [0.4, 0.5) is 0 Å². The first kappa shape index (κ1) is 6.74. The van der Waals surface area contributed by atoms with Crippen LogP contribution in [-0.4, -0.2) is 15.5 Å². The van der Waals surface area contributed by atoms with Gasteiger partial charge in [0.15, 0.2) is 0 Å². The van der Waals surface area contributed by atoms with E-state index in [1.165, 1.54) is 10.9 Å².